The lowest BCUT2D eigenvalue weighted by molar-refractivity contribution is 0.0992. The molecule has 0 aromatic heterocycles. The first-order valence-electron chi connectivity index (χ1n) is 2.89. The van der Waals surface area contributed by atoms with Gasteiger partial charge < -0.3 is 0 Å². The molecule has 1 amide bonds. The highest BCUT2D eigenvalue weighted by molar-refractivity contribution is 5.93. The number of carbonyl (C=O) groups excluding carboxylic acids is 1. The summed E-state index contributed by atoms with van der Waals surface area (Å²) in [6.45, 7) is 3.60. The third kappa shape index (κ3) is 1.16. The molecule has 0 saturated carbocycles. The van der Waals surface area contributed by atoms with Gasteiger partial charge in [-0.3, -0.25) is 10.5 Å². The molecule has 0 aliphatic carbocycles. The number of nitrogens with one attached hydrogen (secondary N) is 1. The molecule has 10 heavy (non-hydrogen) atoms. The molecule has 2 heteroatoms. The first-order valence-corrected chi connectivity index (χ1v) is 2.89. The maximum absolute atomic E-state index is 10.5. The Kier molecular flexibility index (Phi) is 1.71. The Bertz CT molecular complexity index is 255. The predicted molar refractivity (Wildman–Crippen MR) is 38.3 cm³/mol. The third-order valence-corrected chi connectivity index (χ3v) is 1.26. The number of benzene rings is 1. The van der Waals surface area contributed by atoms with E-state index in [0.29, 0.717) is 11.1 Å². The Morgan fingerprint density at radius 2 is 2.00 bits per heavy atom. The van der Waals surface area contributed by atoms with Gasteiger partial charge in [-0.1, -0.05) is 18.2 Å². The van der Waals surface area contributed by atoms with E-state index in [-0.39, 0.29) is 0 Å². The molecule has 50 valence electrons. The molecule has 0 aliphatic rings. The van der Waals surface area contributed by atoms with E-state index < -0.39 is 5.91 Å². The number of rotatable bonds is 1. The summed E-state index contributed by atoms with van der Waals surface area (Å²) in [7, 11) is 0. The topological polar surface area (TPSA) is 40.9 Å². The molecule has 0 atom stereocenters. The number of hydrogen-bond acceptors (Lipinski definition) is 1. The van der Waals surface area contributed by atoms with Crippen LogP contribution in [-0.4, -0.2) is 5.91 Å². The first-order chi connectivity index (χ1) is 4.72. The highest BCUT2D eigenvalue weighted by atomic mass is 16.1. The smallest absolute Gasteiger partial charge is 0.267 e. The Hall–Kier alpha value is -1.31. The van der Waals surface area contributed by atoms with Crippen molar-refractivity contribution in [3.63, 3.8) is 0 Å². The van der Waals surface area contributed by atoms with Crippen molar-refractivity contribution in [2.45, 2.75) is 0 Å². The van der Waals surface area contributed by atoms with Crippen molar-refractivity contribution < 1.29 is 4.79 Å². The fraction of sp³-hybridized carbons (Fsp3) is 0. The summed E-state index contributed by atoms with van der Waals surface area (Å²) in [5.74, 6) is -0.675. The Labute approximate surface area is 59.7 Å². The zero-order valence-corrected chi connectivity index (χ0v) is 5.42. The number of hydrogen-bond donors (Lipinski definition) is 0. The molecule has 1 N–H and O–H groups in total. The Morgan fingerprint density at radius 3 is 2.40 bits per heavy atom. The van der Waals surface area contributed by atoms with Crippen LogP contribution in [0.3, 0.4) is 0 Å². The fourth-order valence-electron chi connectivity index (χ4n) is 0.742. The monoisotopic (exact) mass is 133 g/mol. The van der Waals surface area contributed by atoms with Crippen LogP contribution in [0.25, 0.3) is 0 Å². The van der Waals surface area contributed by atoms with Gasteiger partial charge in [0.25, 0.3) is 5.91 Å². The van der Waals surface area contributed by atoms with Crippen molar-refractivity contribution in [2.75, 3.05) is 0 Å². The lowest BCUT2D eigenvalue weighted by Gasteiger charge is -1.96. The summed E-state index contributed by atoms with van der Waals surface area (Å²) < 4.78 is 0. The standard InChI is InChI=1S/C8H7NO/c1-6-4-2-3-5-7(6)8(9)10/h2-5,9H,1H2. The van der Waals surface area contributed by atoms with E-state index in [2.05, 4.69) is 6.92 Å². The second kappa shape index (κ2) is 2.52. The van der Waals surface area contributed by atoms with Crippen LogP contribution in [0.2, 0.25) is 0 Å². The predicted octanol–water partition coefficient (Wildman–Crippen LogP) is 1.29. The van der Waals surface area contributed by atoms with Gasteiger partial charge in [-0.15, -0.1) is 0 Å². The van der Waals surface area contributed by atoms with Gasteiger partial charge in [-0.05, 0) is 18.6 Å². The quantitative estimate of drug-likeness (QED) is 0.569. The minimum Gasteiger partial charge on any atom is -0.267 e. The van der Waals surface area contributed by atoms with Crippen LogP contribution in [-0.2, 0) is 0 Å². The summed E-state index contributed by atoms with van der Waals surface area (Å²) in [5, 5.41) is 0. The molecule has 0 aliphatic heterocycles. The Balaban J connectivity index is 3.15. The van der Waals surface area contributed by atoms with E-state index in [1.165, 1.54) is 0 Å². The van der Waals surface area contributed by atoms with Gasteiger partial charge in [0, 0.05) is 5.56 Å². The fourth-order valence-corrected chi connectivity index (χ4v) is 0.742. The second-order valence-corrected chi connectivity index (χ2v) is 1.99. The average molecular weight is 133 g/mol. The molecule has 2 nitrogen and oxygen atoms in total. The average Bonchev–Trinajstić information content (AvgIpc) is 1.88. The third-order valence-electron chi connectivity index (χ3n) is 1.26. The lowest BCUT2D eigenvalue weighted by atomic mass is 10.1. The van der Waals surface area contributed by atoms with Gasteiger partial charge in [0.05, 0.1) is 0 Å². The van der Waals surface area contributed by atoms with Gasteiger partial charge in [-0.2, -0.15) is 0 Å². The minimum absolute atomic E-state index is 0.377. The van der Waals surface area contributed by atoms with Crippen LogP contribution in [0.4, 0.5) is 0 Å². The minimum atomic E-state index is -0.675. The van der Waals surface area contributed by atoms with Crippen LogP contribution >= 0.6 is 0 Å². The van der Waals surface area contributed by atoms with Crippen LogP contribution in [0.5, 0.6) is 0 Å². The summed E-state index contributed by atoms with van der Waals surface area (Å²) in [5.41, 5.74) is 7.77. The number of amides is 1. The largest absolute Gasteiger partial charge is 0.269 e. The zero-order valence-electron chi connectivity index (χ0n) is 5.42. The van der Waals surface area contributed by atoms with Crippen LogP contribution in [0, 0.1) is 6.92 Å². The molecule has 1 rings (SSSR count). The van der Waals surface area contributed by atoms with E-state index in [1.54, 1.807) is 24.3 Å². The zero-order chi connectivity index (χ0) is 7.56. The Morgan fingerprint density at radius 1 is 1.40 bits per heavy atom. The first kappa shape index (κ1) is 6.81. The maximum Gasteiger partial charge on any atom is 0.269 e. The molecule has 1 aromatic carbocycles. The van der Waals surface area contributed by atoms with E-state index >= 15 is 0 Å². The lowest BCUT2D eigenvalue weighted by Crippen LogP contribution is -2.00. The molecule has 0 fully saturated rings. The SMILES string of the molecule is [CH2]c1ccccc1C([NH])=O. The van der Waals surface area contributed by atoms with Gasteiger partial charge in [0.1, 0.15) is 0 Å². The number of carbonyl (C=O) groups is 1. The highest BCUT2D eigenvalue weighted by Crippen LogP contribution is 2.05. The molecule has 2 radical (unpaired) electrons. The normalized spacial score (nSPS) is 9.30. The molecule has 0 unspecified atom stereocenters. The highest BCUT2D eigenvalue weighted by Gasteiger charge is 2.01. The molecule has 1 aromatic rings. The van der Waals surface area contributed by atoms with Gasteiger partial charge >= 0.3 is 0 Å². The molecule has 0 spiro atoms. The molecule has 0 heterocycles. The van der Waals surface area contributed by atoms with Gasteiger partial charge in [-0.25, -0.2) is 0 Å². The molecule has 0 saturated heterocycles. The van der Waals surface area contributed by atoms with Crippen LogP contribution in [0.15, 0.2) is 24.3 Å². The van der Waals surface area contributed by atoms with Crippen molar-refractivity contribution in [2.24, 2.45) is 0 Å². The van der Waals surface area contributed by atoms with Crippen molar-refractivity contribution >= 4 is 5.91 Å². The summed E-state index contributed by atoms with van der Waals surface area (Å²) in [6.07, 6.45) is 0. The molecule has 0 bridgehead atoms. The van der Waals surface area contributed by atoms with Gasteiger partial charge in [0.15, 0.2) is 0 Å². The molecular formula is C8H7NO. The summed E-state index contributed by atoms with van der Waals surface area (Å²) >= 11 is 0. The summed E-state index contributed by atoms with van der Waals surface area (Å²) in [6, 6.07) is 6.81. The molecular weight excluding hydrogens is 126 g/mol. The van der Waals surface area contributed by atoms with E-state index in [9.17, 15) is 4.79 Å². The van der Waals surface area contributed by atoms with Crippen molar-refractivity contribution in [1.82, 2.24) is 5.73 Å². The van der Waals surface area contributed by atoms with Crippen LogP contribution < -0.4 is 5.73 Å². The summed E-state index contributed by atoms with van der Waals surface area (Å²) in [4.78, 5) is 10.5. The van der Waals surface area contributed by atoms with Crippen LogP contribution in [0.1, 0.15) is 15.9 Å². The van der Waals surface area contributed by atoms with E-state index in [0.717, 1.165) is 0 Å². The van der Waals surface area contributed by atoms with Gasteiger partial charge in [0.2, 0.25) is 0 Å². The second-order valence-electron chi connectivity index (χ2n) is 1.99. The van der Waals surface area contributed by atoms with E-state index in [1.807, 2.05) is 0 Å². The maximum atomic E-state index is 10.5. The van der Waals surface area contributed by atoms with Crippen molar-refractivity contribution in [3.8, 4) is 0 Å². The van der Waals surface area contributed by atoms with Crippen molar-refractivity contribution in [3.05, 3.63) is 42.3 Å². The van der Waals surface area contributed by atoms with E-state index in [4.69, 9.17) is 5.73 Å². The van der Waals surface area contributed by atoms with Crippen molar-refractivity contribution in [1.29, 1.82) is 0 Å².